The molecule has 0 spiro atoms. The minimum atomic E-state index is 0.610. The second-order valence-electron chi connectivity index (χ2n) is 6.41. The molecule has 0 bridgehead atoms. The van der Waals surface area contributed by atoms with Crippen molar-refractivity contribution in [1.29, 1.82) is 0 Å². The lowest BCUT2D eigenvalue weighted by Gasteiger charge is -2.36. The molecule has 1 aromatic carbocycles. The predicted molar refractivity (Wildman–Crippen MR) is 112 cm³/mol. The molecule has 1 saturated heterocycles. The van der Waals surface area contributed by atoms with Crippen LogP contribution in [-0.4, -0.2) is 50.9 Å². The smallest absolute Gasteiger partial charge is 0.173 e. The molecular weight excluding hydrogens is 389 g/mol. The van der Waals surface area contributed by atoms with E-state index >= 15 is 0 Å². The Kier molecular flexibility index (Phi) is 6.40. The van der Waals surface area contributed by atoms with Gasteiger partial charge in [-0.25, -0.2) is 0 Å². The van der Waals surface area contributed by atoms with Crippen LogP contribution >= 0.6 is 35.4 Å². The van der Waals surface area contributed by atoms with Crippen LogP contribution in [0.1, 0.15) is 18.2 Å². The molecule has 26 heavy (non-hydrogen) atoms. The van der Waals surface area contributed by atoms with E-state index in [0.717, 1.165) is 50.6 Å². The van der Waals surface area contributed by atoms with Gasteiger partial charge in [-0.15, -0.1) is 0 Å². The minimum absolute atomic E-state index is 0.610. The van der Waals surface area contributed by atoms with Gasteiger partial charge < -0.3 is 10.2 Å². The third-order valence-electron chi connectivity index (χ3n) is 4.60. The minimum Gasteiger partial charge on any atom is -0.346 e. The first-order valence-electron chi connectivity index (χ1n) is 8.72. The highest BCUT2D eigenvalue weighted by molar-refractivity contribution is 7.80. The summed E-state index contributed by atoms with van der Waals surface area (Å²) in [4.78, 5) is 4.61. The van der Waals surface area contributed by atoms with Crippen molar-refractivity contribution in [2.24, 2.45) is 0 Å². The van der Waals surface area contributed by atoms with E-state index in [-0.39, 0.29) is 0 Å². The van der Waals surface area contributed by atoms with Gasteiger partial charge in [0.05, 0.1) is 16.4 Å². The van der Waals surface area contributed by atoms with E-state index in [0.29, 0.717) is 15.2 Å². The molecule has 0 radical (unpaired) electrons. The Labute approximate surface area is 169 Å². The number of rotatable bonds is 4. The molecule has 0 amide bonds. The molecule has 0 aliphatic carbocycles. The molecule has 1 aliphatic heterocycles. The number of hydrogen-bond donors (Lipinski definition) is 1. The van der Waals surface area contributed by atoms with Crippen molar-refractivity contribution in [3.63, 3.8) is 0 Å². The first-order valence-corrected chi connectivity index (χ1v) is 9.89. The highest BCUT2D eigenvalue weighted by Gasteiger charge is 2.20. The molecule has 1 fully saturated rings. The number of benzene rings is 1. The van der Waals surface area contributed by atoms with E-state index in [2.05, 4.69) is 40.3 Å². The number of nitrogens with zero attached hydrogens (tertiary/aromatic N) is 4. The normalized spacial score (nSPS) is 15.3. The molecule has 0 atom stereocenters. The summed E-state index contributed by atoms with van der Waals surface area (Å²) in [5.41, 5.74) is 3.16. The topological polar surface area (TPSA) is 36.3 Å². The van der Waals surface area contributed by atoms with Gasteiger partial charge in [0.15, 0.2) is 5.11 Å². The van der Waals surface area contributed by atoms with Crippen molar-refractivity contribution in [2.75, 3.05) is 31.5 Å². The summed E-state index contributed by atoms with van der Waals surface area (Å²) in [6.07, 6.45) is 2.15. The zero-order chi connectivity index (χ0) is 18.7. The van der Waals surface area contributed by atoms with Crippen LogP contribution in [0.3, 0.4) is 0 Å². The Morgan fingerprint density at radius 3 is 2.62 bits per heavy atom. The monoisotopic (exact) mass is 411 g/mol. The maximum Gasteiger partial charge on any atom is 0.173 e. The summed E-state index contributed by atoms with van der Waals surface area (Å²) in [5, 5.41) is 9.67. The van der Waals surface area contributed by atoms with Gasteiger partial charge in [0.25, 0.3) is 0 Å². The van der Waals surface area contributed by atoms with Crippen LogP contribution in [0.2, 0.25) is 10.0 Å². The summed E-state index contributed by atoms with van der Waals surface area (Å²) in [6.45, 7) is 9.70. The second kappa shape index (κ2) is 8.57. The fourth-order valence-electron chi connectivity index (χ4n) is 3.01. The van der Waals surface area contributed by atoms with E-state index < -0.39 is 0 Å². The average Bonchev–Trinajstić information content (AvgIpc) is 2.98. The number of aromatic nitrogens is 2. The first-order chi connectivity index (χ1) is 12.5. The number of hydrogen-bond acceptors (Lipinski definition) is 3. The molecule has 0 saturated carbocycles. The van der Waals surface area contributed by atoms with Crippen LogP contribution in [0.4, 0.5) is 5.69 Å². The number of halogens is 2. The van der Waals surface area contributed by atoms with Gasteiger partial charge in [-0.2, -0.15) is 5.10 Å². The van der Waals surface area contributed by atoms with E-state index in [1.54, 1.807) is 18.2 Å². The van der Waals surface area contributed by atoms with E-state index in [4.69, 9.17) is 35.4 Å². The maximum atomic E-state index is 6.21. The third kappa shape index (κ3) is 4.68. The van der Waals surface area contributed by atoms with E-state index in [1.807, 2.05) is 4.68 Å². The van der Waals surface area contributed by atoms with Crippen LogP contribution in [0.15, 0.2) is 24.4 Å². The zero-order valence-corrected chi connectivity index (χ0v) is 17.3. The quantitative estimate of drug-likeness (QED) is 0.768. The highest BCUT2D eigenvalue weighted by atomic mass is 35.5. The van der Waals surface area contributed by atoms with Crippen LogP contribution in [-0.2, 0) is 13.1 Å². The summed E-state index contributed by atoms with van der Waals surface area (Å²) < 4.78 is 1.99. The van der Waals surface area contributed by atoms with Gasteiger partial charge in [0.2, 0.25) is 0 Å². The van der Waals surface area contributed by atoms with E-state index in [9.17, 15) is 0 Å². The fraction of sp³-hybridized carbons (Fsp3) is 0.444. The third-order valence-corrected chi connectivity index (χ3v) is 5.52. The SMILES string of the molecule is CCn1cc(CN2CCN(C(=S)Nc3cc(Cl)ccc3Cl)CC2)c(C)n1. The van der Waals surface area contributed by atoms with Crippen molar-refractivity contribution in [2.45, 2.75) is 26.9 Å². The maximum absolute atomic E-state index is 6.21. The van der Waals surface area contributed by atoms with Gasteiger partial charge in [0, 0.05) is 56.1 Å². The van der Waals surface area contributed by atoms with Gasteiger partial charge in [0.1, 0.15) is 0 Å². The largest absolute Gasteiger partial charge is 0.346 e. The molecule has 140 valence electrons. The van der Waals surface area contributed by atoms with Gasteiger partial charge in [-0.05, 0) is 44.3 Å². The standard InChI is InChI=1S/C18H23Cl2N5S/c1-3-25-12-14(13(2)22-25)11-23-6-8-24(9-7-23)18(26)21-17-10-15(19)4-5-16(17)20/h4-5,10,12H,3,6-9,11H2,1-2H3,(H,21,26). The Bertz CT molecular complexity index is 784. The number of aryl methyl sites for hydroxylation is 2. The van der Waals surface area contributed by atoms with Crippen molar-refractivity contribution in [3.05, 3.63) is 45.7 Å². The molecule has 5 nitrogen and oxygen atoms in total. The number of piperazine rings is 1. The molecule has 8 heteroatoms. The Balaban J connectivity index is 1.53. The average molecular weight is 412 g/mol. The van der Waals surface area contributed by atoms with Crippen LogP contribution in [0, 0.1) is 6.92 Å². The molecule has 0 unspecified atom stereocenters. The fourth-order valence-corrected chi connectivity index (χ4v) is 3.64. The summed E-state index contributed by atoms with van der Waals surface area (Å²) in [7, 11) is 0. The van der Waals surface area contributed by atoms with E-state index in [1.165, 1.54) is 5.56 Å². The van der Waals surface area contributed by atoms with Crippen molar-refractivity contribution >= 4 is 46.2 Å². The first kappa shape index (κ1) is 19.4. The molecule has 1 N–H and O–H groups in total. The molecule has 1 aromatic heterocycles. The lowest BCUT2D eigenvalue weighted by Crippen LogP contribution is -2.49. The van der Waals surface area contributed by atoms with Crippen LogP contribution in [0.5, 0.6) is 0 Å². The van der Waals surface area contributed by atoms with Crippen molar-refractivity contribution < 1.29 is 0 Å². The molecule has 1 aliphatic rings. The summed E-state index contributed by atoms with van der Waals surface area (Å²) in [6, 6.07) is 5.33. The number of thiocarbonyl (C=S) groups is 1. The predicted octanol–water partition coefficient (Wildman–Crippen LogP) is 4.03. The summed E-state index contributed by atoms with van der Waals surface area (Å²) >= 11 is 17.8. The number of nitrogens with one attached hydrogen (secondary N) is 1. The Morgan fingerprint density at radius 1 is 1.23 bits per heavy atom. The zero-order valence-electron chi connectivity index (χ0n) is 15.0. The van der Waals surface area contributed by atoms with Gasteiger partial charge in [-0.1, -0.05) is 23.2 Å². The van der Waals surface area contributed by atoms with Crippen molar-refractivity contribution in [1.82, 2.24) is 19.6 Å². The molecule has 2 aromatic rings. The molecular formula is C18H23Cl2N5S. The number of anilines is 1. The Hall–Kier alpha value is -1.34. The van der Waals surface area contributed by atoms with Gasteiger partial charge >= 0.3 is 0 Å². The lowest BCUT2D eigenvalue weighted by atomic mass is 10.2. The summed E-state index contributed by atoms with van der Waals surface area (Å²) in [5.74, 6) is 0. The van der Waals surface area contributed by atoms with Crippen LogP contribution < -0.4 is 5.32 Å². The Morgan fingerprint density at radius 2 is 1.96 bits per heavy atom. The lowest BCUT2D eigenvalue weighted by molar-refractivity contribution is 0.176. The van der Waals surface area contributed by atoms with Crippen molar-refractivity contribution in [3.8, 4) is 0 Å². The van der Waals surface area contributed by atoms with Crippen LogP contribution in [0.25, 0.3) is 0 Å². The van der Waals surface area contributed by atoms with Gasteiger partial charge in [-0.3, -0.25) is 9.58 Å². The second-order valence-corrected chi connectivity index (χ2v) is 7.64. The molecule has 2 heterocycles. The molecule has 3 rings (SSSR count). The highest BCUT2D eigenvalue weighted by Crippen LogP contribution is 2.26.